The molecular formula is C21H28N2O3. The summed E-state index contributed by atoms with van der Waals surface area (Å²) in [5.41, 5.74) is 2.14. The lowest BCUT2D eigenvalue weighted by Crippen LogP contribution is -2.42. The number of rotatable bonds is 8. The molecule has 0 atom stereocenters. The molecule has 0 aliphatic carbocycles. The lowest BCUT2D eigenvalue weighted by Gasteiger charge is -2.29. The van der Waals surface area contributed by atoms with Crippen molar-refractivity contribution in [2.24, 2.45) is 0 Å². The zero-order chi connectivity index (χ0) is 18.9. The maximum Gasteiger partial charge on any atom is 0.320 e. The van der Waals surface area contributed by atoms with Crippen LogP contribution in [0.4, 0.5) is 4.79 Å². The highest BCUT2D eigenvalue weighted by Crippen LogP contribution is 2.18. The minimum atomic E-state index is 0.0432. The van der Waals surface area contributed by atoms with Crippen LogP contribution in [0.5, 0.6) is 11.5 Å². The number of nitrogens with zero attached hydrogens (tertiary/aromatic N) is 2. The van der Waals surface area contributed by atoms with Crippen LogP contribution in [0.1, 0.15) is 25.0 Å². The fourth-order valence-electron chi connectivity index (χ4n) is 2.79. The molecule has 2 aromatic rings. The van der Waals surface area contributed by atoms with E-state index in [9.17, 15) is 4.79 Å². The number of methoxy groups -OCH3 is 2. The van der Waals surface area contributed by atoms with Crippen LogP contribution in [-0.4, -0.2) is 43.1 Å². The van der Waals surface area contributed by atoms with E-state index in [0.29, 0.717) is 26.2 Å². The lowest BCUT2D eigenvalue weighted by atomic mass is 10.1. The van der Waals surface area contributed by atoms with E-state index >= 15 is 0 Å². The Balaban J connectivity index is 2.20. The lowest BCUT2D eigenvalue weighted by molar-refractivity contribution is 0.151. The van der Waals surface area contributed by atoms with E-state index < -0.39 is 0 Å². The van der Waals surface area contributed by atoms with Crippen LogP contribution in [0.3, 0.4) is 0 Å². The van der Waals surface area contributed by atoms with Crippen LogP contribution in [0.15, 0.2) is 48.5 Å². The Hall–Kier alpha value is -2.69. The third kappa shape index (κ3) is 5.15. The third-order valence-electron chi connectivity index (χ3n) is 4.37. The summed E-state index contributed by atoms with van der Waals surface area (Å²) >= 11 is 0. The Kier molecular flexibility index (Phi) is 7.33. The highest BCUT2D eigenvalue weighted by molar-refractivity contribution is 5.74. The van der Waals surface area contributed by atoms with Crippen LogP contribution in [0, 0.1) is 0 Å². The number of carbonyl (C=O) groups excluding carboxylic acids is 1. The van der Waals surface area contributed by atoms with E-state index in [1.165, 1.54) is 0 Å². The second-order valence-corrected chi connectivity index (χ2v) is 6.01. The second-order valence-electron chi connectivity index (χ2n) is 6.01. The van der Waals surface area contributed by atoms with Crippen molar-refractivity contribution in [3.8, 4) is 11.5 Å². The van der Waals surface area contributed by atoms with Crippen LogP contribution in [-0.2, 0) is 13.1 Å². The van der Waals surface area contributed by atoms with Crippen LogP contribution in [0.2, 0.25) is 0 Å². The van der Waals surface area contributed by atoms with E-state index in [2.05, 4.69) is 0 Å². The standard InChI is InChI=1S/C21H28N2O3/c1-5-22(6-2)21(24)23(15-17-7-11-19(25-3)12-8-17)16-18-9-13-20(26-4)14-10-18/h7-14H,5-6,15-16H2,1-4H3. The molecule has 0 fully saturated rings. The molecule has 2 aromatic carbocycles. The van der Waals surface area contributed by atoms with Crippen molar-refractivity contribution in [2.45, 2.75) is 26.9 Å². The first kappa shape index (κ1) is 19.6. The number of hydrogen-bond acceptors (Lipinski definition) is 3. The fraction of sp³-hybridized carbons (Fsp3) is 0.381. The van der Waals surface area contributed by atoms with Gasteiger partial charge in [-0.05, 0) is 49.2 Å². The molecule has 0 saturated heterocycles. The number of urea groups is 1. The average molecular weight is 356 g/mol. The first-order valence-electron chi connectivity index (χ1n) is 8.91. The van der Waals surface area contributed by atoms with Crippen molar-refractivity contribution in [1.82, 2.24) is 9.80 Å². The highest BCUT2D eigenvalue weighted by Gasteiger charge is 2.19. The van der Waals surface area contributed by atoms with Gasteiger partial charge in [0.15, 0.2) is 0 Å². The maximum absolute atomic E-state index is 13.0. The Morgan fingerprint density at radius 1 is 0.731 bits per heavy atom. The van der Waals surface area contributed by atoms with Gasteiger partial charge >= 0.3 is 6.03 Å². The van der Waals surface area contributed by atoms with E-state index in [1.54, 1.807) is 14.2 Å². The quantitative estimate of drug-likeness (QED) is 0.713. The molecule has 0 radical (unpaired) electrons. The number of amides is 2. The smallest absolute Gasteiger partial charge is 0.320 e. The molecular weight excluding hydrogens is 328 g/mol. The van der Waals surface area contributed by atoms with E-state index in [1.807, 2.05) is 72.2 Å². The molecule has 5 heteroatoms. The molecule has 2 amide bonds. The largest absolute Gasteiger partial charge is 0.497 e. The van der Waals surface area contributed by atoms with Gasteiger partial charge in [0, 0.05) is 26.2 Å². The molecule has 0 unspecified atom stereocenters. The van der Waals surface area contributed by atoms with Crippen molar-refractivity contribution in [2.75, 3.05) is 27.3 Å². The molecule has 140 valence electrons. The summed E-state index contributed by atoms with van der Waals surface area (Å²) in [4.78, 5) is 16.7. The number of ether oxygens (including phenoxy) is 2. The molecule has 0 N–H and O–H groups in total. The monoisotopic (exact) mass is 356 g/mol. The van der Waals surface area contributed by atoms with Gasteiger partial charge in [-0.25, -0.2) is 4.79 Å². The van der Waals surface area contributed by atoms with Crippen molar-refractivity contribution in [3.63, 3.8) is 0 Å². The predicted molar refractivity (Wildman–Crippen MR) is 104 cm³/mol. The Morgan fingerprint density at radius 2 is 1.12 bits per heavy atom. The summed E-state index contributed by atoms with van der Waals surface area (Å²) < 4.78 is 10.4. The molecule has 5 nitrogen and oxygen atoms in total. The van der Waals surface area contributed by atoms with Crippen LogP contribution >= 0.6 is 0 Å². The molecule has 0 aliphatic rings. The molecule has 0 aliphatic heterocycles. The van der Waals surface area contributed by atoms with Gasteiger partial charge in [0.25, 0.3) is 0 Å². The molecule has 26 heavy (non-hydrogen) atoms. The van der Waals surface area contributed by atoms with E-state index in [4.69, 9.17) is 9.47 Å². The average Bonchev–Trinajstić information content (AvgIpc) is 2.69. The Labute approximate surface area is 156 Å². The predicted octanol–water partition coefficient (Wildman–Crippen LogP) is 4.17. The van der Waals surface area contributed by atoms with Gasteiger partial charge in [-0.1, -0.05) is 24.3 Å². The van der Waals surface area contributed by atoms with Gasteiger partial charge in [0.1, 0.15) is 11.5 Å². The van der Waals surface area contributed by atoms with Gasteiger partial charge in [-0.15, -0.1) is 0 Å². The van der Waals surface area contributed by atoms with Crippen molar-refractivity contribution < 1.29 is 14.3 Å². The minimum absolute atomic E-state index is 0.0432. The van der Waals surface area contributed by atoms with Crippen LogP contribution in [0.25, 0.3) is 0 Å². The van der Waals surface area contributed by atoms with Crippen molar-refractivity contribution in [1.29, 1.82) is 0 Å². The molecule has 0 aromatic heterocycles. The Morgan fingerprint density at radius 3 is 1.42 bits per heavy atom. The summed E-state index contributed by atoms with van der Waals surface area (Å²) in [5, 5.41) is 0. The summed E-state index contributed by atoms with van der Waals surface area (Å²) in [7, 11) is 3.30. The summed E-state index contributed by atoms with van der Waals surface area (Å²) in [6.07, 6.45) is 0. The molecule has 0 saturated carbocycles. The zero-order valence-corrected chi connectivity index (χ0v) is 16.1. The Bertz CT molecular complexity index is 630. The second kappa shape index (κ2) is 9.70. The number of carbonyl (C=O) groups is 1. The zero-order valence-electron chi connectivity index (χ0n) is 16.1. The van der Waals surface area contributed by atoms with E-state index in [0.717, 1.165) is 22.6 Å². The fourth-order valence-corrected chi connectivity index (χ4v) is 2.79. The maximum atomic E-state index is 13.0. The first-order chi connectivity index (χ1) is 12.6. The van der Waals surface area contributed by atoms with Gasteiger partial charge in [0.2, 0.25) is 0 Å². The van der Waals surface area contributed by atoms with Crippen molar-refractivity contribution in [3.05, 3.63) is 59.7 Å². The summed E-state index contributed by atoms with van der Waals surface area (Å²) in [6, 6.07) is 15.7. The normalized spacial score (nSPS) is 10.3. The van der Waals surface area contributed by atoms with Gasteiger partial charge in [0.05, 0.1) is 14.2 Å². The minimum Gasteiger partial charge on any atom is -0.497 e. The van der Waals surface area contributed by atoms with E-state index in [-0.39, 0.29) is 6.03 Å². The summed E-state index contributed by atoms with van der Waals surface area (Å²) in [5.74, 6) is 1.62. The molecule has 2 rings (SSSR count). The highest BCUT2D eigenvalue weighted by atomic mass is 16.5. The number of hydrogen-bond donors (Lipinski definition) is 0. The summed E-state index contributed by atoms with van der Waals surface area (Å²) in [6.45, 7) is 6.48. The SMILES string of the molecule is CCN(CC)C(=O)N(Cc1ccc(OC)cc1)Cc1ccc(OC)cc1. The van der Waals surface area contributed by atoms with Gasteiger partial charge in [-0.2, -0.15) is 0 Å². The van der Waals surface area contributed by atoms with Gasteiger partial charge in [-0.3, -0.25) is 0 Å². The van der Waals surface area contributed by atoms with Gasteiger partial charge < -0.3 is 19.3 Å². The van der Waals surface area contributed by atoms with Crippen molar-refractivity contribution >= 4 is 6.03 Å². The first-order valence-corrected chi connectivity index (χ1v) is 8.91. The number of benzene rings is 2. The molecule has 0 heterocycles. The molecule has 0 spiro atoms. The molecule has 0 bridgehead atoms. The topological polar surface area (TPSA) is 42.0 Å². The third-order valence-corrected chi connectivity index (χ3v) is 4.37. The van der Waals surface area contributed by atoms with Crippen LogP contribution < -0.4 is 9.47 Å².